The van der Waals surface area contributed by atoms with Crippen LogP contribution < -0.4 is 0 Å². The molecule has 1 aliphatic rings. The molecule has 1 unspecified atom stereocenters. The first kappa shape index (κ1) is 15.7. The molecule has 0 radical (unpaired) electrons. The van der Waals surface area contributed by atoms with E-state index in [0.717, 1.165) is 19.3 Å². The van der Waals surface area contributed by atoms with Crippen LogP contribution in [0.3, 0.4) is 0 Å². The quantitative estimate of drug-likeness (QED) is 0.724. The maximum Gasteiger partial charge on any atom is 0.306 e. The zero-order valence-electron chi connectivity index (χ0n) is 12.5. The molecule has 0 bridgehead atoms. The normalized spacial score (nSPS) is 17.1. The van der Waals surface area contributed by atoms with Crippen LogP contribution in [0.1, 0.15) is 49.8 Å². The Morgan fingerprint density at radius 1 is 1.24 bits per heavy atom. The van der Waals surface area contributed by atoms with Crippen molar-refractivity contribution in [1.29, 1.82) is 0 Å². The Balaban J connectivity index is 1.79. The molecule has 114 valence electrons. The number of hydrogen-bond donors (Lipinski definition) is 0. The van der Waals surface area contributed by atoms with Crippen molar-refractivity contribution in [3.8, 4) is 0 Å². The molecule has 0 fully saturated rings. The van der Waals surface area contributed by atoms with Crippen molar-refractivity contribution < 1.29 is 19.1 Å². The summed E-state index contributed by atoms with van der Waals surface area (Å²) < 4.78 is 10.6. The number of rotatable bonds is 7. The Bertz CT molecular complexity index is 495. The molecule has 2 rings (SSSR count). The SMILES string of the molecule is CCOC(=O)CCC(=O)COC1CCCc2ccccc21. The molecule has 0 heterocycles. The average molecular weight is 290 g/mol. The second kappa shape index (κ2) is 7.93. The average Bonchev–Trinajstić information content (AvgIpc) is 2.51. The third-order valence-corrected chi connectivity index (χ3v) is 3.67. The number of esters is 1. The van der Waals surface area contributed by atoms with Crippen molar-refractivity contribution in [3.05, 3.63) is 35.4 Å². The molecule has 1 aliphatic carbocycles. The van der Waals surface area contributed by atoms with Crippen LogP contribution >= 0.6 is 0 Å². The summed E-state index contributed by atoms with van der Waals surface area (Å²) in [5, 5.41) is 0. The topological polar surface area (TPSA) is 52.6 Å². The second-order valence-corrected chi connectivity index (χ2v) is 5.23. The van der Waals surface area contributed by atoms with E-state index in [1.54, 1.807) is 6.92 Å². The molecule has 0 aliphatic heterocycles. The first-order chi connectivity index (χ1) is 10.2. The number of carbonyl (C=O) groups is 2. The molecule has 0 N–H and O–H groups in total. The zero-order chi connectivity index (χ0) is 15.1. The van der Waals surface area contributed by atoms with Crippen LogP contribution in [0.2, 0.25) is 0 Å². The van der Waals surface area contributed by atoms with Gasteiger partial charge in [-0.15, -0.1) is 0 Å². The number of Topliss-reactive ketones (excluding diaryl/α,β-unsaturated/α-hetero) is 1. The van der Waals surface area contributed by atoms with E-state index >= 15 is 0 Å². The van der Waals surface area contributed by atoms with E-state index in [4.69, 9.17) is 9.47 Å². The minimum Gasteiger partial charge on any atom is -0.466 e. The molecule has 21 heavy (non-hydrogen) atoms. The lowest BCUT2D eigenvalue weighted by Gasteiger charge is -2.25. The fourth-order valence-electron chi connectivity index (χ4n) is 2.62. The van der Waals surface area contributed by atoms with Gasteiger partial charge in [-0.05, 0) is 37.3 Å². The van der Waals surface area contributed by atoms with Crippen LogP contribution in [-0.2, 0) is 25.5 Å². The Hall–Kier alpha value is -1.68. The Morgan fingerprint density at radius 2 is 2.05 bits per heavy atom. The highest BCUT2D eigenvalue weighted by Crippen LogP contribution is 2.32. The van der Waals surface area contributed by atoms with Crippen molar-refractivity contribution in [2.45, 2.75) is 45.1 Å². The van der Waals surface area contributed by atoms with Gasteiger partial charge in [0, 0.05) is 6.42 Å². The highest BCUT2D eigenvalue weighted by molar-refractivity contribution is 5.83. The standard InChI is InChI=1S/C17H22O4/c1-2-20-17(19)11-10-14(18)12-21-16-9-5-7-13-6-3-4-8-15(13)16/h3-4,6,8,16H,2,5,7,9-12H2,1H3. The molecule has 0 spiro atoms. The number of ketones is 1. The van der Waals surface area contributed by atoms with Crippen molar-refractivity contribution in [1.82, 2.24) is 0 Å². The zero-order valence-corrected chi connectivity index (χ0v) is 12.5. The maximum absolute atomic E-state index is 11.8. The van der Waals surface area contributed by atoms with Crippen molar-refractivity contribution in [3.63, 3.8) is 0 Å². The van der Waals surface area contributed by atoms with Crippen LogP contribution in [0.15, 0.2) is 24.3 Å². The van der Waals surface area contributed by atoms with Gasteiger partial charge in [0.05, 0.1) is 19.1 Å². The molecular formula is C17H22O4. The fraction of sp³-hybridized carbons (Fsp3) is 0.529. The lowest BCUT2D eigenvalue weighted by Crippen LogP contribution is -2.18. The maximum atomic E-state index is 11.8. The van der Waals surface area contributed by atoms with E-state index in [1.807, 2.05) is 12.1 Å². The van der Waals surface area contributed by atoms with Gasteiger partial charge in [-0.25, -0.2) is 0 Å². The summed E-state index contributed by atoms with van der Waals surface area (Å²) in [4.78, 5) is 23.0. The number of carbonyl (C=O) groups excluding carboxylic acids is 2. The third kappa shape index (κ3) is 4.67. The monoisotopic (exact) mass is 290 g/mol. The summed E-state index contributed by atoms with van der Waals surface area (Å²) in [6, 6.07) is 8.23. The molecule has 1 atom stereocenters. The largest absolute Gasteiger partial charge is 0.466 e. The van der Waals surface area contributed by atoms with Crippen LogP contribution in [0.5, 0.6) is 0 Å². The minimum atomic E-state index is -0.325. The molecule has 0 saturated heterocycles. The van der Waals surface area contributed by atoms with Crippen molar-refractivity contribution in [2.75, 3.05) is 13.2 Å². The van der Waals surface area contributed by atoms with Gasteiger partial charge in [0.2, 0.25) is 0 Å². The predicted molar refractivity (Wildman–Crippen MR) is 78.9 cm³/mol. The van der Waals surface area contributed by atoms with Crippen LogP contribution in [-0.4, -0.2) is 25.0 Å². The van der Waals surface area contributed by atoms with E-state index in [-0.39, 0.29) is 37.3 Å². The van der Waals surface area contributed by atoms with E-state index in [2.05, 4.69) is 12.1 Å². The summed E-state index contributed by atoms with van der Waals surface area (Å²) >= 11 is 0. The summed E-state index contributed by atoms with van der Waals surface area (Å²) in [6.45, 7) is 2.17. The van der Waals surface area contributed by atoms with Gasteiger partial charge in [-0.3, -0.25) is 9.59 Å². The van der Waals surface area contributed by atoms with E-state index in [0.29, 0.717) is 6.61 Å². The van der Waals surface area contributed by atoms with E-state index < -0.39 is 0 Å². The molecule has 0 amide bonds. The first-order valence-corrected chi connectivity index (χ1v) is 7.57. The van der Waals surface area contributed by atoms with Crippen LogP contribution in [0.25, 0.3) is 0 Å². The number of hydrogen-bond acceptors (Lipinski definition) is 4. The first-order valence-electron chi connectivity index (χ1n) is 7.57. The summed E-state index contributed by atoms with van der Waals surface area (Å²) in [5.41, 5.74) is 2.51. The number of ether oxygens (including phenoxy) is 2. The van der Waals surface area contributed by atoms with Crippen LogP contribution in [0, 0.1) is 0 Å². The molecule has 1 aromatic rings. The fourth-order valence-corrected chi connectivity index (χ4v) is 2.62. The summed E-state index contributed by atoms with van der Waals surface area (Å²) in [7, 11) is 0. The minimum absolute atomic E-state index is 0.00138. The highest BCUT2D eigenvalue weighted by atomic mass is 16.5. The molecule has 4 heteroatoms. The Labute approximate surface area is 125 Å². The van der Waals surface area contributed by atoms with Gasteiger partial charge in [-0.1, -0.05) is 24.3 Å². The second-order valence-electron chi connectivity index (χ2n) is 5.23. The van der Waals surface area contributed by atoms with Gasteiger partial charge in [0.1, 0.15) is 6.61 Å². The van der Waals surface area contributed by atoms with Gasteiger partial charge < -0.3 is 9.47 Å². The Kier molecular flexibility index (Phi) is 5.93. The van der Waals surface area contributed by atoms with Crippen molar-refractivity contribution >= 4 is 11.8 Å². The number of benzene rings is 1. The lowest BCUT2D eigenvalue weighted by atomic mass is 9.89. The molecule has 1 aromatic carbocycles. The highest BCUT2D eigenvalue weighted by Gasteiger charge is 2.21. The molecular weight excluding hydrogens is 268 g/mol. The smallest absolute Gasteiger partial charge is 0.306 e. The van der Waals surface area contributed by atoms with Gasteiger partial charge in [-0.2, -0.15) is 0 Å². The van der Waals surface area contributed by atoms with Gasteiger partial charge in [0.15, 0.2) is 5.78 Å². The van der Waals surface area contributed by atoms with E-state index in [1.165, 1.54) is 11.1 Å². The Morgan fingerprint density at radius 3 is 2.86 bits per heavy atom. The molecule has 0 aromatic heterocycles. The van der Waals surface area contributed by atoms with Gasteiger partial charge in [0.25, 0.3) is 0 Å². The van der Waals surface area contributed by atoms with Gasteiger partial charge >= 0.3 is 5.97 Å². The third-order valence-electron chi connectivity index (χ3n) is 3.67. The lowest BCUT2D eigenvalue weighted by molar-refractivity contribution is -0.144. The number of fused-ring (bicyclic) bond motifs is 1. The summed E-state index contributed by atoms with van der Waals surface area (Å²) in [5.74, 6) is -0.375. The van der Waals surface area contributed by atoms with E-state index in [9.17, 15) is 9.59 Å². The van der Waals surface area contributed by atoms with Crippen LogP contribution in [0.4, 0.5) is 0 Å². The molecule has 4 nitrogen and oxygen atoms in total. The molecule has 0 saturated carbocycles. The predicted octanol–water partition coefficient (Wildman–Crippen LogP) is 2.99. The summed E-state index contributed by atoms with van der Waals surface area (Å²) in [6.07, 6.45) is 3.43. The van der Waals surface area contributed by atoms with Crippen molar-refractivity contribution in [2.24, 2.45) is 0 Å². The number of aryl methyl sites for hydroxylation is 1.